The molecule has 112 valence electrons. The van der Waals surface area contributed by atoms with Gasteiger partial charge in [0.15, 0.2) is 0 Å². The zero-order valence-electron chi connectivity index (χ0n) is 12.1. The first-order chi connectivity index (χ1) is 10.8. The zero-order chi connectivity index (χ0) is 14.9. The molecule has 0 aromatic heterocycles. The molecule has 2 saturated heterocycles. The Bertz CT molecular complexity index is 661. The molecule has 3 nitrogen and oxygen atoms in total. The molecule has 4 rings (SSSR count). The van der Waals surface area contributed by atoms with Crippen LogP contribution in [0.3, 0.4) is 0 Å². The van der Waals surface area contributed by atoms with E-state index in [9.17, 15) is 4.79 Å². The molecule has 0 N–H and O–H groups in total. The number of benzene rings is 2. The summed E-state index contributed by atoms with van der Waals surface area (Å²) in [7, 11) is 0. The topological polar surface area (TPSA) is 29.5 Å². The van der Waals surface area contributed by atoms with Gasteiger partial charge in [-0.1, -0.05) is 0 Å². The molecule has 0 aliphatic carbocycles. The van der Waals surface area contributed by atoms with Crippen molar-refractivity contribution in [2.45, 2.75) is 23.5 Å². The van der Waals surface area contributed by atoms with E-state index in [1.807, 2.05) is 53.4 Å². The van der Waals surface area contributed by atoms with E-state index in [1.165, 1.54) is 4.46 Å². The minimum atomic E-state index is -0.199. The van der Waals surface area contributed by atoms with Gasteiger partial charge in [-0.3, -0.25) is 0 Å². The van der Waals surface area contributed by atoms with Crippen LogP contribution in [-0.4, -0.2) is 38.4 Å². The second-order valence-electron chi connectivity index (χ2n) is 5.65. The van der Waals surface area contributed by atoms with Gasteiger partial charge in [0, 0.05) is 0 Å². The summed E-state index contributed by atoms with van der Waals surface area (Å²) in [4.78, 5) is 15.0. The van der Waals surface area contributed by atoms with Gasteiger partial charge in [0.05, 0.1) is 0 Å². The van der Waals surface area contributed by atoms with Crippen LogP contribution in [0.2, 0.25) is 4.82 Å². The summed E-state index contributed by atoms with van der Waals surface area (Å²) >= 11 is 0.198. The third-order valence-electron chi connectivity index (χ3n) is 4.21. The molecule has 0 saturated carbocycles. The normalized spacial score (nSPS) is 27.2. The molecule has 2 aliphatic rings. The molecule has 1 amide bonds. The van der Waals surface area contributed by atoms with Gasteiger partial charge < -0.3 is 0 Å². The van der Waals surface area contributed by atoms with Crippen LogP contribution in [0, 0.1) is 0 Å². The summed E-state index contributed by atoms with van der Waals surface area (Å²) in [5.74, 6) is 0.264. The van der Waals surface area contributed by atoms with Gasteiger partial charge in [-0.05, 0) is 0 Å². The number of amides is 1. The molecule has 3 atom stereocenters. The quantitative estimate of drug-likeness (QED) is 0.787. The summed E-state index contributed by atoms with van der Waals surface area (Å²) < 4.78 is 7.18. The summed E-state index contributed by atoms with van der Waals surface area (Å²) in [5.41, 5.74) is 1.08. The number of carbonyl (C=O) groups is 1. The van der Waals surface area contributed by atoms with E-state index >= 15 is 0 Å². The predicted molar refractivity (Wildman–Crippen MR) is 86.0 cm³/mol. The summed E-state index contributed by atoms with van der Waals surface area (Å²) in [5, 5.41) is 0. The SMILES string of the molecule is O=C1C([Se]c2ccccc2)C[C@@H]2CO[C@@H](c3ccccc3)N12. The second-order valence-corrected chi connectivity index (χ2v) is 8.33. The van der Waals surface area contributed by atoms with E-state index in [4.69, 9.17) is 4.74 Å². The van der Waals surface area contributed by atoms with Gasteiger partial charge in [-0.15, -0.1) is 0 Å². The van der Waals surface area contributed by atoms with Crippen LogP contribution in [-0.2, 0) is 9.53 Å². The van der Waals surface area contributed by atoms with Crippen LogP contribution in [0.25, 0.3) is 0 Å². The standard InChI is InChI=1S/C18H17NO2Se/c20-17-16(22-15-9-5-2-6-10-15)11-14-12-21-18(19(14)17)13-7-3-1-4-8-13/h1-10,14,16,18H,11-12H2/t14-,16?,18+/m1/s1. The second kappa shape index (κ2) is 5.88. The Labute approximate surface area is 136 Å². The third kappa shape index (κ3) is 2.48. The van der Waals surface area contributed by atoms with E-state index in [1.54, 1.807) is 0 Å². The fraction of sp³-hybridized carbons (Fsp3) is 0.278. The molecule has 2 fully saturated rings. The van der Waals surface area contributed by atoms with Crippen molar-refractivity contribution in [2.24, 2.45) is 0 Å². The van der Waals surface area contributed by atoms with Gasteiger partial charge in [-0.25, -0.2) is 0 Å². The number of fused-ring (bicyclic) bond motifs is 1. The molecule has 4 heteroatoms. The first-order valence-electron chi connectivity index (χ1n) is 7.53. The molecular formula is C18H17NO2Se. The van der Waals surface area contributed by atoms with Gasteiger partial charge in [0.2, 0.25) is 0 Å². The summed E-state index contributed by atoms with van der Waals surface area (Å²) in [6.45, 7) is 0.659. The Morgan fingerprint density at radius 1 is 1.00 bits per heavy atom. The number of ether oxygens (including phenoxy) is 1. The van der Waals surface area contributed by atoms with E-state index < -0.39 is 0 Å². The van der Waals surface area contributed by atoms with Crippen molar-refractivity contribution in [3.05, 3.63) is 66.2 Å². The van der Waals surface area contributed by atoms with Crippen molar-refractivity contribution in [1.29, 1.82) is 0 Å². The third-order valence-corrected chi connectivity index (χ3v) is 6.78. The first-order valence-corrected chi connectivity index (χ1v) is 9.38. The summed E-state index contributed by atoms with van der Waals surface area (Å²) in [6, 6.07) is 20.7. The van der Waals surface area contributed by atoms with Crippen molar-refractivity contribution >= 4 is 25.3 Å². The molecule has 2 heterocycles. The number of hydrogen-bond donors (Lipinski definition) is 0. The minimum absolute atomic E-state index is 0.148. The molecule has 1 unspecified atom stereocenters. The van der Waals surface area contributed by atoms with Gasteiger partial charge >= 0.3 is 136 Å². The fourth-order valence-corrected chi connectivity index (χ4v) is 5.67. The van der Waals surface area contributed by atoms with Gasteiger partial charge in [0.25, 0.3) is 0 Å². The molecule has 2 aromatic rings. The van der Waals surface area contributed by atoms with Gasteiger partial charge in [0.1, 0.15) is 0 Å². The van der Waals surface area contributed by atoms with Crippen LogP contribution < -0.4 is 4.46 Å². The van der Waals surface area contributed by atoms with Crippen molar-refractivity contribution in [3.63, 3.8) is 0 Å². The maximum atomic E-state index is 12.8. The van der Waals surface area contributed by atoms with Crippen LogP contribution in [0.4, 0.5) is 0 Å². The van der Waals surface area contributed by atoms with E-state index in [-0.39, 0.29) is 38.0 Å². The first kappa shape index (κ1) is 14.0. The van der Waals surface area contributed by atoms with E-state index in [2.05, 4.69) is 12.1 Å². The van der Waals surface area contributed by atoms with E-state index in [0.29, 0.717) is 6.61 Å². The van der Waals surface area contributed by atoms with Crippen molar-refractivity contribution in [1.82, 2.24) is 4.90 Å². The summed E-state index contributed by atoms with van der Waals surface area (Å²) in [6.07, 6.45) is 0.729. The molecule has 2 aliphatic heterocycles. The number of rotatable bonds is 3. The average molecular weight is 358 g/mol. The van der Waals surface area contributed by atoms with Crippen LogP contribution in [0.1, 0.15) is 18.2 Å². The van der Waals surface area contributed by atoms with Crippen LogP contribution in [0.15, 0.2) is 60.7 Å². The Morgan fingerprint density at radius 2 is 1.68 bits per heavy atom. The van der Waals surface area contributed by atoms with Crippen molar-refractivity contribution in [2.75, 3.05) is 6.61 Å². The van der Waals surface area contributed by atoms with Crippen molar-refractivity contribution < 1.29 is 9.53 Å². The molecular weight excluding hydrogens is 341 g/mol. The molecule has 0 radical (unpaired) electrons. The van der Waals surface area contributed by atoms with E-state index in [0.717, 1.165) is 12.0 Å². The van der Waals surface area contributed by atoms with Gasteiger partial charge in [-0.2, -0.15) is 0 Å². The molecule has 22 heavy (non-hydrogen) atoms. The molecule has 0 bridgehead atoms. The number of nitrogens with zero attached hydrogens (tertiary/aromatic N) is 1. The van der Waals surface area contributed by atoms with Crippen molar-refractivity contribution in [3.8, 4) is 0 Å². The Morgan fingerprint density at radius 3 is 2.41 bits per heavy atom. The van der Waals surface area contributed by atoms with Crippen LogP contribution in [0.5, 0.6) is 0 Å². The average Bonchev–Trinajstić information content (AvgIpc) is 3.11. The van der Waals surface area contributed by atoms with Crippen LogP contribution >= 0.6 is 0 Å². The number of hydrogen-bond acceptors (Lipinski definition) is 2. The molecule has 2 aromatic carbocycles. The Kier molecular flexibility index (Phi) is 3.75. The monoisotopic (exact) mass is 359 g/mol. The maximum absolute atomic E-state index is 12.8. The number of carbonyl (C=O) groups excluding carboxylic acids is 1. The predicted octanol–water partition coefficient (Wildman–Crippen LogP) is 2.13. The Balaban J connectivity index is 1.54. The zero-order valence-corrected chi connectivity index (χ0v) is 13.8. The Hall–Kier alpha value is -1.61. The molecule has 0 spiro atoms. The fourth-order valence-electron chi connectivity index (χ4n) is 3.18.